The standard InChI is InChI=1S/C11H12BrNO3/c1-11(2)8(14)5-6-13(11)10(15)7-3-4-9(12)16-7/h3-4H,5-6H2,1-2H3. The van der Waals surface area contributed by atoms with Crippen molar-refractivity contribution < 1.29 is 14.0 Å². The summed E-state index contributed by atoms with van der Waals surface area (Å²) in [6.07, 6.45) is 0.417. The SMILES string of the molecule is CC1(C)C(=O)CCN1C(=O)c1ccc(Br)o1. The van der Waals surface area contributed by atoms with Crippen LogP contribution in [-0.4, -0.2) is 28.7 Å². The Bertz CT molecular complexity index is 450. The molecule has 16 heavy (non-hydrogen) atoms. The van der Waals surface area contributed by atoms with Gasteiger partial charge in [-0.15, -0.1) is 0 Å². The van der Waals surface area contributed by atoms with Crippen molar-refractivity contribution in [1.82, 2.24) is 4.90 Å². The normalized spacial score (nSPS) is 19.2. The van der Waals surface area contributed by atoms with Gasteiger partial charge in [0.1, 0.15) is 0 Å². The quantitative estimate of drug-likeness (QED) is 0.795. The maximum atomic E-state index is 12.1. The summed E-state index contributed by atoms with van der Waals surface area (Å²) >= 11 is 3.15. The van der Waals surface area contributed by atoms with E-state index in [9.17, 15) is 9.59 Å². The number of amides is 1. The lowest BCUT2D eigenvalue weighted by atomic mass is 10.0. The number of furan rings is 1. The Kier molecular flexibility index (Phi) is 2.66. The van der Waals surface area contributed by atoms with Gasteiger partial charge in [-0.3, -0.25) is 9.59 Å². The third kappa shape index (κ3) is 1.69. The van der Waals surface area contributed by atoms with Crippen LogP contribution in [0, 0.1) is 0 Å². The molecule has 0 radical (unpaired) electrons. The number of Topliss-reactive ketones (excluding diaryl/α,β-unsaturated/α-hetero) is 1. The number of hydrogen-bond donors (Lipinski definition) is 0. The van der Waals surface area contributed by atoms with E-state index in [1.165, 1.54) is 0 Å². The molecule has 4 nitrogen and oxygen atoms in total. The van der Waals surface area contributed by atoms with E-state index in [0.29, 0.717) is 17.6 Å². The summed E-state index contributed by atoms with van der Waals surface area (Å²) in [4.78, 5) is 25.3. The molecule has 1 aliphatic rings. The van der Waals surface area contributed by atoms with Crippen LogP contribution in [0.5, 0.6) is 0 Å². The molecule has 0 unspecified atom stereocenters. The predicted octanol–water partition coefficient (Wildman–Crippen LogP) is 2.24. The summed E-state index contributed by atoms with van der Waals surface area (Å²) in [6.45, 7) is 3.99. The second kappa shape index (κ2) is 3.73. The van der Waals surface area contributed by atoms with Gasteiger partial charge < -0.3 is 9.32 Å². The second-order valence-corrected chi connectivity index (χ2v) is 5.07. The van der Waals surface area contributed by atoms with Crippen LogP contribution < -0.4 is 0 Å². The van der Waals surface area contributed by atoms with E-state index >= 15 is 0 Å². The molecule has 0 atom stereocenters. The van der Waals surface area contributed by atoms with Crippen molar-refractivity contribution in [2.45, 2.75) is 25.8 Å². The zero-order valence-electron chi connectivity index (χ0n) is 9.12. The molecular formula is C11H12BrNO3. The molecule has 1 fully saturated rings. The first kappa shape index (κ1) is 11.4. The van der Waals surface area contributed by atoms with E-state index in [-0.39, 0.29) is 17.5 Å². The predicted molar refractivity (Wildman–Crippen MR) is 61.1 cm³/mol. The molecule has 86 valence electrons. The largest absolute Gasteiger partial charge is 0.444 e. The molecule has 1 aromatic rings. The molecule has 0 aromatic carbocycles. The highest BCUT2D eigenvalue weighted by Gasteiger charge is 2.43. The van der Waals surface area contributed by atoms with Crippen molar-refractivity contribution in [3.63, 3.8) is 0 Å². The first-order chi connectivity index (χ1) is 7.43. The molecule has 0 spiro atoms. The van der Waals surface area contributed by atoms with Crippen LogP contribution in [0.25, 0.3) is 0 Å². The maximum Gasteiger partial charge on any atom is 0.290 e. The van der Waals surface area contributed by atoms with E-state index in [1.54, 1.807) is 30.9 Å². The number of ketones is 1. The van der Waals surface area contributed by atoms with Gasteiger partial charge in [0.25, 0.3) is 5.91 Å². The summed E-state index contributed by atoms with van der Waals surface area (Å²) < 4.78 is 5.71. The summed E-state index contributed by atoms with van der Waals surface area (Å²) in [5, 5.41) is 0. The van der Waals surface area contributed by atoms with E-state index in [4.69, 9.17) is 4.42 Å². The van der Waals surface area contributed by atoms with Gasteiger partial charge in [0, 0.05) is 13.0 Å². The van der Waals surface area contributed by atoms with Gasteiger partial charge in [-0.05, 0) is 41.9 Å². The molecule has 2 heterocycles. The number of carbonyl (C=O) groups excluding carboxylic acids is 2. The number of halogens is 1. The van der Waals surface area contributed by atoms with E-state index in [2.05, 4.69) is 15.9 Å². The number of likely N-dealkylation sites (tertiary alicyclic amines) is 1. The summed E-state index contributed by atoms with van der Waals surface area (Å²) in [7, 11) is 0. The number of rotatable bonds is 1. The average molecular weight is 286 g/mol. The highest BCUT2D eigenvalue weighted by Crippen LogP contribution is 2.27. The van der Waals surface area contributed by atoms with E-state index in [0.717, 1.165) is 0 Å². The first-order valence-electron chi connectivity index (χ1n) is 5.03. The average Bonchev–Trinajstić information content (AvgIpc) is 2.73. The van der Waals surface area contributed by atoms with Crippen molar-refractivity contribution in [3.05, 3.63) is 22.6 Å². The fourth-order valence-corrected chi connectivity index (χ4v) is 2.17. The van der Waals surface area contributed by atoms with Crippen LogP contribution >= 0.6 is 15.9 Å². The van der Waals surface area contributed by atoms with Gasteiger partial charge >= 0.3 is 0 Å². The third-order valence-electron chi connectivity index (χ3n) is 2.95. The molecule has 2 rings (SSSR count). The molecule has 0 aliphatic carbocycles. The molecule has 1 saturated heterocycles. The Hall–Kier alpha value is -1.10. The molecule has 5 heteroatoms. The Morgan fingerprint density at radius 2 is 2.19 bits per heavy atom. The molecule has 1 aromatic heterocycles. The van der Waals surface area contributed by atoms with Crippen LogP contribution in [0.3, 0.4) is 0 Å². The smallest absolute Gasteiger partial charge is 0.290 e. The molecule has 0 N–H and O–H groups in total. The Labute approximate surface area is 102 Å². The van der Waals surface area contributed by atoms with Crippen LogP contribution in [0.4, 0.5) is 0 Å². The molecule has 0 saturated carbocycles. The Morgan fingerprint density at radius 1 is 1.50 bits per heavy atom. The van der Waals surface area contributed by atoms with Gasteiger partial charge in [0.05, 0.1) is 5.54 Å². The maximum absolute atomic E-state index is 12.1. The lowest BCUT2D eigenvalue weighted by molar-refractivity contribution is -0.123. The zero-order chi connectivity index (χ0) is 11.9. The van der Waals surface area contributed by atoms with Gasteiger partial charge in [0.15, 0.2) is 16.2 Å². The van der Waals surface area contributed by atoms with Gasteiger partial charge in [-0.1, -0.05) is 0 Å². The third-order valence-corrected chi connectivity index (χ3v) is 3.37. The molecule has 0 bridgehead atoms. The fraction of sp³-hybridized carbons (Fsp3) is 0.455. The molecular weight excluding hydrogens is 274 g/mol. The minimum Gasteiger partial charge on any atom is -0.444 e. The minimum atomic E-state index is -0.726. The van der Waals surface area contributed by atoms with Crippen LogP contribution in [0.2, 0.25) is 0 Å². The van der Waals surface area contributed by atoms with Crippen LogP contribution in [0.15, 0.2) is 21.2 Å². The number of carbonyl (C=O) groups is 2. The van der Waals surface area contributed by atoms with Gasteiger partial charge in [-0.2, -0.15) is 0 Å². The van der Waals surface area contributed by atoms with Crippen molar-refractivity contribution >= 4 is 27.6 Å². The van der Waals surface area contributed by atoms with E-state index in [1.807, 2.05) is 0 Å². The lowest BCUT2D eigenvalue weighted by Crippen LogP contribution is -2.46. The summed E-state index contributed by atoms with van der Waals surface area (Å²) in [5.41, 5.74) is -0.726. The first-order valence-corrected chi connectivity index (χ1v) is 5.83. The summed E-state index contributed by atoms with van der Waals surface area (Å²) in [5.74, 6) is 0.114. The highest BCUT2D eigenvalue weighted by molar-refractivity contribution is 9.10. The van der Waals surface area contributed by atoms with Crippen LogP contribution in [0.1, 0.15) is 30.8 Å². The molecule has 1 amide bonds. The minimum absolute atomic E-state index is 0.0893. The summed E-state index contributed by atoms with van der Waals surface area (Å²) in [6, 6.07) is 3.27. The Morgan fingerprint density at radius 3 is 2.62 bits per heavy atom. The van der Waals surface area contributed by atoms with E-state index < -0.39 is 5.54 Å². The van der Waals surface area contributed by atoms with Crippen LogP contribution in [-0.2, 0) is 4.79 Å². The van der Waals surface area contributed by atoms with Crippen molar-refractivity contribution in [1.29, 1.82) is 0 Å². The fourth-order valence-electron chi connectivity index (χ4n) is 1.87. The Balaban J connectivity index is 2.27. The lowest BCUT2D eigenvalue weighted by Gasteiger charge is -2.29. The monoisotopic (exact) mass is 285 g/mol. The topological polar surface area (TPSA) is 50.5 Å². The van der Waals surface area contributed by atoms with Crippen molar-refractivity contribution in [3.8, 4) is 0 Å². The van der Waals surface area contributed by atoms with Crippen molar-refractivity contribution in [2.75, 3.05) is 6.54 Å². The van der Waals surface area contributed by atoms with Gasteiger partial charge in [0.2, 0.25) is 0 Å². The second-order valence-electron chi connectivity index (χ2n) is 4.29. The number of nitrogens with zero attached hydrogens (tertiary/aromatic N) is 1. The highest BCUT2D eigenvalue weighted by atomic mass is 79.9. The molecule has 1 aliphatic heterocycles. The van der Waals surface area contributed by atoms with Gasteiger partial charge in [-0.25, -0.2) is 0 Å². The van der Waals surface area contributed by atoms with Crippen molar-refractivity contribution in [2.24, 2.45) is 0 Å². The number of hydrogen-bond acceptors (Lipinski definition) is 3. The zero-order valence-corrected chi connectivity index (χ0v) is 10.7.